The molecule has 0 fully saturated rings. The third-order valence-electron chi connectivity index (χ3n) is 1.29. The van der Waals surface area contributed by atoms with E-state index in [1.165, 1.54) is 13.3 Å². The van der Waals surface area contributed by atoms with Gasteiger partial charge in [0.25, 0.3) is 0 Å². The van der Waals surface area contributed by atoms with Crippen LogP contribution in [0.1, 0.15) is 6.92 Å². The first-order chi connectivity index (χ1) is 6.15. The van der Waals surface area contributed by atoms with Crippen LogP contribution in [0.15, 0.2) is 28.6 Å². The van der Waals surface area contributed by atoms with Crippen molar-refractivity contribution in [3.05, 3.63) is 23.6 Å². The van der Waals surface area contributed by atoms with E-state index in [2.05, 4.69) is 4.99 Å². The Balaban J connectivity index is 4.40. The maximum atomic E-state index is 8.73. The van der Waals surface area contributed by atoms with Crippen LogP contribution in [0.3, 0.4) is 0 Å². The fraction of sp³-hybridized carbons (Fsp3) is 0.286. The Labute approximate surface area is 77.4 Å². The average Bonchev–Trinajstić information content (AvgIpc) is 2.12. The molecule has 0 aromatic carbocycles. The van der Waals surface area contributed by atoms with E-state index in [0.29, 0.717) is 5.88 Å². The van der Waals surface area contributed by atoms with E-state index in [1.807, 2.05) is 0 Å². The second kappa shape index (κ2) is 6.27. The van der Waals surface area contributed by atoms with E-state index in [9.17, 15) is 0 Å². The molecule has 13 heavy (non-hydrogen) atoms. The van der Waals surface area contributed by atoms with Gasteiger partial charge in [0.1, 0.15) is 0 Å². The smallest absolute Gasteiger partial charge is 0.481 e. The van der Waals surface area contributed by atoms with E-state index in [-0.39, 0.29) is 5.47 Å². The summed E-state index contributed by atoms with van der Waals surface area (Å²) in [6.45, 7) is 1.75. The van der Waals surface area contributed by atoms with Gasteiger partial charge in [-0.15, -0.1) is 0 Å². The quantitative estimate of drug-likeness (QED) is 0.310. The van der Waals surface area contributed by atoms with Gasteiger partial charge >= 0.3 is 7.12 Å². The van der Waals surface area contributed by atoms with Crippen LogP contribution in [0, 0.1) is 0 Å². The Morgan fingerprint density at radius 1 is 1.54 bits per heavy atom. The molecular formula is C7H13BN2O3. The molecule has 0 atom stereocenters. The van der Waals surface area contributed by atoms with E-state index in [0.717, 1.165) is 6.20 Å². The fourth-order valence-electron chi connectivity index (χ4n) is 0.579. The van der Waals surface area contributed by atoms with Crippen LogP contribution in [0.25, 0.3) is 0 Å². The number of rotatable bonds is 4. The fourth-order valence-corrected chi connectivity index (χ4v) is 0.579. The van der Waals surface area contributed by atoms with Crippen molar-refractivity contribution in [2.75, 3.05) is 7.11 Å². The van der Waals surface area contributed by atoms with E-state index < -0.39 is 7.12 Å². The highest BCUT2D eigenvalue weighted by Crippen LogP contribution is 1.98. The van der Waals surface area contributed by atoms with Gasteiger partial charge in [-0.2, -0.15) is 0 Å². The molecule has 0 saturated carbocycles. The Bertz CT molecular complexity index is 236. The first-order valence-electron chi connectivity index (χ1n) is 3.68. The van der Waals surface area contributed by atoms with Gasteiger partial charge in [0, 0.05) is 11.7 Å². The molecule has 0 heterocycles. The molecule has 0 unspecified atom stereocenters. The minimum atomic E-state index is -1.62. The highest BCUT2D eigenvalue weighted by atomic mass is 16.5. The number of hydrogen-bond acceptors (Lipinski definition) is 5. The first kappa shape index (κ1) is 11.7. The van der Waals surface area contributed by atoms with Gasteiger partial charge in [0.2, 0.25) is 5.88 Å². The van der Waals surface area contributed by atoms with Crippen LogP contribution in [0.4, 0.5) is 0 Å². The lowest BCUT2D eigenvalue weighted by molar-refractivity contribution is 0.288. The van der Waals surface area contributed by atoms with Gasteiger partial charge in [0.15, 0.2) is 0 Å². The van der Waals surface area contributed by atoms with Crippen molar-refractivity contribution in [2.45, 2.75) is 6.92 Å². The molecule has 0 radical (unpaired) electrons. The highest BCUT2D eigenvalue weighted by Gasteiger charge is 2.11. The van der Waals surface area contributed by atoms with Crippen molar-refractivity contribution in [2.24, 2.45) is 10.7 Å². The number of nitrogens with zero attached hydrogens (tertiary/aromatic N) is 1. The van der Waals surface area contributed by atoms with Crippen LogP contribution in [-0.2, 0) is 4.74 Å². The van der Waals surface area contributed by atoms with Gasteiger partial charge in [-0.25, -0.2) is 4.99 Å². The standard InChI is InChI=1S/C7H13BN2O3/c1-3-7(13-2)10-5-6(4-9)8(11)12/h3-5,11-12H,9H2,1-2H3/b6-4+,7-3+,10-5-. The lowest BCUT2D eigenvalue weighted by Crippen LogP contribution is -2.17. The normalized spacial score (nSPS) is 13.5. The zero-order chi connectivity index (χ0) is 10.3. The van der Waals surface area contributed by atoms with Gasteiger partial charge < -0.3 is 20.5 Å². The maximum Gasteiger partial charge on any atom is 0.491 e. The molecule has 0 aromatic heterocycles. The summed E-state index contributed by atoms with van der Waals surface area (Å²) in [6, 6.07) is 0. The van der Waals surface area contributed by atoms with E-state index in [4.69, 9.17) is 20.5 Å². The molecule has 72 valence electrons. The van der Waals surface area contributed by atoms with Crippen molar-refractivity contribution in [3.63, 3.8) is 0 Å². The lowest BCUT2D eigenvalue weighted by atomic mass is 9.81. The molecule has 0 aliphatic rings. The molecule has 6 heteroatoms. The van der Waals surface area contributed by atoms with E-state index in [1.54, 1.807) is 13.0 Å². The predicted molar refractivity (Wildman–Crippen MR) is 51.7 cm³/mol. The summed E-state index contributed by atoms with van der Waals surface area (Å²) in [5, 5.41) is 17.5. The molecule has 0 spiro atoms. The molecule has 4 N–H and O–H groups in total. The monoisotopic (exact) mass is 184 g/mol. The lowest BCUT2D eigenvalue weighted by Gasteiger charge is -1.99. The number of aliphatic imine (C=N–C) groups is 1. The molecule has 0 bridgehead atoms. The molecular weight excluding hydrogens is 171 g/mol. The molecule has 0 aliphatic heterocycles. The zero-order valence-electron chi connectivity index (χ0n) is 7.64. The molecule has 5 nitrogen and oxygen atoms in total. The van der Waals surface area contributed by atoms with Crippen LogP contribution in [-0.4, -0.2) is 30.5 Å². The Morgan fingerprint density at radius 2 is 2.15 bits per heavy atom. The summed E-state index contributed by atoms with van der Waals surface area (Å²) in [4.78, 5) is 3.80. The van der Waals surface area contributed by atoms with E-state index >= 15 is 0 Å². The summed E-state index contributed by atoms with van der Waals surface area (Å²) < 4.78 is 4.81. The van der Waals surface area contributed by atoms with Crippen molar-refractivity contribution in [1.82, 2.24) is 0 Å². The minimum absolute atomic E-state index is 0.108. The SMILES string of the molecule is C\C=C(/N=C\C(=C/N)B(O)O)OC. The Kier molecular flexibility index (Phi) is 5.66. The largest absolute Gasteiger partial charge is 0.491 e. The third kappa shape index (κ3) is 4.34. The average molecular weight is 184 g/mol. The second-order valence-electron chi connectivity index (χ2n) is 2.13. The summed E-state index contributed by atoms with van der Waals surface area (Å²) in [7, 11) is -0.155. The Hall–Kier alpha value is -1.27. The summed E-state index contributed by atoms with van der Waals surface area (Å²) in [6.07, 6.45) is 3.93. The molecule has 0 amide bonds. The number of methoxy groups -OCH3 is 1. The molecule has 0 rings (SSSR count). The topological polar surface area (TPSA) is 88.1 Å². The zero-order valence-corrected chi connectivity index (χ0v) is 7.64. The van der Waals surface area contributed by atoms with Crippen molar-refractivity contribution >= 4 is 13.3 Å². The number of nitrogens with two attached hydrogens (primary N) is 1. The van der Waals surface area contributed by atoms with Gasteiger partial charge in [-0.3, -0.25) is 0 Å². The molecule has 0 aromatic rings. The minimum Gasteiger partial charge on any atom is -0.481 e. The predicted octanol–water partition coefficient (Wildman–Crippen LogP) is -0.580. The van der Waals surface area contributed by atoms with Crippen LogP contribution in [0.5, 0.6) is 0 Å². The number of ether oxygens (including phenoxy) is 1. The number of hydrogen-bond donors (Lipinski definition) is 3. The van der Waals surface area contributed by atoms with Crippen molar-refractivity contribution in [3.8, 4) is 0 Å². The van der Waals surface area contributed by atoms with Crippen LogP contribution in [0.2, 0.25) is 0 Å². The van der Waals surface area contributed by atoms with Crippen molar-refractivity contribution in [1.29, 1.82) is 0 Å². The van der Waals surface area contributed by atoms with Gasteiger partial charge in [-0.05, 0) is 19.2 Å². The first-order valence-corrected chi connectivity index (χ1v) is 3.68. The van der Waals surface area contributed by atoms with Gasteiger partial charge in [0.05, 0.1) is 7.11 Å². The third-order valence-corrected chi connectivity index (χ3v) is 1.29. The van der Waals surface area contributed by atoms with Crippen molar-refractivity contribution < 1.29 is 14.8 Å². The Morgan fingerprint density at radius 3 is 2.46 bits per heavy atom. The number of allylic oxidation sites excluding steroid dienone is 2. The summed E-state index contributed by atoms with van der Waals surface area (Å²) >= 11 is 0. The van der Waals surface area contributed by atoms with Gasteiger partial charge in [-0.1, -0.05) is 0 Å². The molecule has 0 saturated heterocycles. The highest BCUT2D eigenvalue weighted by molar-refractivity contribution is 6.56. The second-order valence-corrected chi connectivity index (χ2v) is 2.13. The summed E-state index contributed by atoms with van der Waals surface area (Å²) in [5.41, 5.74) is 5.22. The van der Waals surface area contributed by atoms with Crippen LogP contribution >= 0.6 is 0 Å². The summed E-state index contributed by atoms with van der Waals surface area (Å²) in [5.74, 6) is 0.375. The molecule has 0 aliphatic carbocycles. The van der Waals surface area contributed by atoms with Crippen LogP contribution < -0.4 is 5.73 Å². The maximum absolute atomic E-state index is 8.73.